The van der Waals surface area contributed by atoms with Crippen LogP contribution >= 0.6 is 22.9 Å². The molecule has 556 valence electrons. The maximum absolute atomic E-state index is 12.7. The summed E-state index contributed by atoms with van der Waals surface area (Å²) in [5, 5.41) is 45.1. The molecular weight excluding hydrogens is 1410 g/mol. The highest BCUT2D eigenvalue weighted by Crippen LogP contribution is 2.43. The van der Waals surface area contributed by atoms with Crippen molar-refractivity contribution in [3.8, 4) is 59.3 Å². The number of nitrogens with two attached hydrogens (primary N) is 1. The zero-order chi connectivity index (χ0) is 74.1. The van der Waals surface area contributed by atoms with E-state index in [0.717, 1.165) is 72.3 Å². The molecule has 10 aromatic rings. The number of terminal acetylenes is 3. The molecule has 34 heteroatoms. The zero-order valence-electron chi connectivity index (χ0n) is 58.8. The lowest BCUT2D eigenvalue weighted by Gasteiger charge is -2.34. The number of aromatic nitrogens is 17. The molecule has 4 aliphatic carbocycles. The van der Waals surface area contributed by atoms with E-state index in [1.54, 1.807) is 58.5 Å². The lowest BCUT2D eigenvalue weighted by molar-refractivity contribution is -0.129. The van der Waals surface area contributed by atoms with Crippen molar-refractivity contribution in [2.75, 3.05) is 83.4 Å². The van der Waals surface area contributed by atoms with Gasteiger partial charge in [-0.05, 0) is 82.1 Å². The Balaban J connectivity index is 0.000000186. The SMILES string of the molecule is C#Cc1cnc(-c2ccc(S(=O)(=O)NCCNC(=O)C(C)(C)C)s2)nc1Nc1cc(C2CC2)[nH]n1.C#Cc1cnc(N2CCN(C(C)=O)CC2)nc1Nc1cc(C2CC2)[nH]n1.C#Cc1cnc(N2CC[C@@H](N)C2)nc1Nc1cc(C2CC2)[nH]n1.Clc1cnc(-c2ccccn2)nc1Nc1cc(C2CC2)[nH]n1.[HH].[HH].[HH].[HH].[HH]. The van der Waals surface area contributed by atoms with E-state index >= 15 is 0 Å². The van der Waals surface area contributed by atoms with Crippen LogP contribution in [0.2, 0.25) is 5.02 Å². The average Bonchev–Trinajstić information content (AvgIpc) is 1.76. The van der Waals surface area contributed by atoms with Crippen LogP contribution in [0.1, 0.15) is 156 Å². The first-order chi connectivity index (χ1) is 51.2. The molecule has 6 aliphatic rings. The van der Waals surface area contributed by atoms with Crippen molar-refractivity contribution in [2.45, 2.75) is 119 Å². The van der Waals surface area contributed by atoms with Crippen LogP contribution in [0.4, 0.5) is 58.4 Å². The number of nitrogens with zero attached hydrogens (tertiary/aromatic N) is 16. The van der Waals surface area contributed by atoms with Crippen molar-refractivity contribution >= 4 is 103 Å². The Labute approximate surface area is 629 Å². The molecule has 12 N–H and O–H groups in total. The van der Waals surface area contributed by atoms with Crippen molar-refractivity contribution < 1.29 is 25.1 Å². The van der Waals surface area contributed by atoms with Gasteiger partial charge in [0.25, 0.3) is 0 Å². The summed E-state index contributed by atoms with van der Waals surface area (Å²) in [5.41, 5.74) is 12.3. The molecule has 0 spiro atoms. The highest BCUT2D eigenvalue weighted by Gasteiger charge is 2.31. The highest BCUT2D eigenvalue weighted by atomic mass is 35.5. The maximum Gasteiger partial charge on any atom is 0.250 e. The Hall–Kier alpha value is -11.4. The van der Waals surface area contributed by atoms with Crippen LogP contribution in [-0.4, -0.2) is 169 Å². The summed E-state index contributed by atoms with van der Waals surface area (Å²) in [6.07, 6.45) is 35.4. The number of carbonyl (C=O) groups is 2. The van der Waals surface area contributed by atoms with E-state index in [1.807, 2.05) is 47.4 Å². The normalized spacial score (nSPS) is 16.1. The molecule has 0 unspecified atom stereocenters. The number of thiophene rings is 1. The number of rotatable bonds is 21. The minimum absolute atomic E-state index is 0. The van der Waals surface area contributed by atoms with Crippen molar-refractivity contribution in [2.24, 2.45) is 11.1 Å². The van der Waals surface area contributed by atoms with Gasteiger partial charge < -0.3 is 47.0 Å². The molecule has 2 saturated heterocycles. The molecule has 4 saturated carbocycles. The number of halogens is 1. The summed E-state index contributed by atoms with van der Waals surface area (Å²) < 4.78 is 28.0. The Morgan fingerprint density at radius 3 is 1.52 bits per heavy atom. The highest BCUT2D eigenvalue weighted by molar-refractivity contribution is 7.91. The fourth-order valence-corrected chi connectivity index (χ4v) is 13.7. The second-order valence-electron chi connectivity index (χ2n) is 27.3. The van der Waals surface area contributed by atoms with Crippen LogP contribution in [0.5, 0.6) is 0 Å². The average molecular weight is 1500 g/mol. The molecule has 2 amide bonds. The molecular formula is C72H90ClN27O4S2. The molecule has 10 aromatic heterocycles. The van der Waals surface area contributed by atoms with E-state index in [-0.39, 0.29) is 42.3 Å². The number of hydrogen-bond donors (Lipinski definition) is 11. The molecule has 31 nitrogen and oxygen atoms in total. The first-order valence-electron chi connectivity index (χ1n) is 34.9. The second-order valence-corrected chi connectivity index (χ2v) is 30.8. The standard InChI is InChI=1S/C23H27N7O3S2.C18H21N7O.C16H19N7.C15H13ClN6.5H2/c1-5-14-13-25-21(28-20(14)27-18-12-16(29-30-18)15-6-7-15)17-8-9-19(34-17)35(32,33)26-11-10-24-22(31)23(2,3)4;1-3-13-11-19-18(25-8-6-24(7-9-25)12(2)26)21-17(13)20-16-10-15(22-23-16)14-4-5-14;1-2-10-8-18-16(23-6-5-12(17)9-23)20-15(10)19-14-7-13(21-22-14)11-3-4-11;16-10-8-18-15(11-3-1-2-6-17-11)20-14(10)19-13-7-12(21-22-13)9-4-5-9;;;;;/h1,8-9,12-13,15,26H,6-7,10-11H2,2-4H3,(H,24,31)(H2,25,27,28,29,30);1,10-11,14H,4-9H2,2H3,(H2,19,20,21,22,23);1,7-8,11-12H,3-6,9,17H2,(H2,18,19,20,21,22);1-3,6-9H,4-5H2,(H2,18,19,20,21,22);5*1H/t;;12-;;;;;;/m..1....../s1. The van der Waals surface area contributed by atoms with Gasteiger partial charge in [0.05, 0.1) is 40.2 Å². The molecule has 0 aromatic carbocycles. The Bertz CT molecular complexity index is 5050. The number of pyridine rings is 1. The second kappa shape index (κ2) is 32.3. The van der Waals surface area contributed by atoms with Gasteiger partial charge in [-0.2, -0.15) is 30.4 Å². The van der Waals surface area contributed by atoms with Crippen LogP contribution in [0, 0.1) is 42.4 Å². The summed E-state index contributed by atoms with van der Waals surface area (Å²) in [5.74, 6) is 17.1. The van der Waals surface area contributed by atoms with Gasteiger partial charge in [0, 0.05) is 161 Å². The van der Waals surface area contributed by atoms with Crippen molar-refractivity contribution in [1.82, 2.24) is 101 Å². The quantitative estimate of drug-likeness (QED) is 0.0235. The third kappa shape index (κ3) is 18.9. The van der Waals surface area contributed by atoms with Crippen molar-refractivity contribution in [3.63, 3.8) is 0 Å². The monoisotopic (exact) mass is 1500 g/mol. The van der Waals surface area contributed by atoms with Gasteiger partial charge in [-0.25, -0.2) is 43.0 Å². The minimum Gasteiger partial charge on any atom is -0.354 e. The van der Waals surface area contributed by atoms with Gasteiger partial charge in [0.15, 0.2) is 58.2 Å². The summed E-state index contributed by atoms with van der Waals surface area (Å²) in [6, 6.07) is 16.9. The van der Waals surface area contributed by atoms with E-state index in [1.165, 1.54) is 50.8 Å². The lowest BCUT2D eigenvalue weighted by Crippen LogP contribution is -2.48. The number of sulfonamides is 1. The van der Waals surface area contributed by atoms with E-state index in [9.17, 15) is 18.0 Å². The summed E-state index contributed by atoms with van der Waals surface area (Å²) in [7, 11) is -3.75. The lowest BCUT2D eigenvalue weighted by atomic mass is 9.96. The zero-order valence-corrected chi connectivity index (χ0v) is 61.2. The third-order valence-electron chi connectivity index (χ3n) is 17.9. The van der Waals surface area contributed by atoms with Crippen LogP contribution in [0.25, 0.3) is 22.2 Å². The van der Waals surface area contributed by atoms with Gasteiger partial charge in [0.2, 0.25) is 33.7 Å². The van der Waals surface area contributed by atoms with Crippen molar-refractivity contribution in [3.05, 3.63) is 130 Å². The van der Waals surface area contributed by atoms with Gasteiger partial charge >= 0.3 is 0 Å². The molecule has 6 fully saturated rings. The number of nitrogens with one attached hydrogen (secondary N) is 10. The fraction of sp³-hybridized carbons (Fsp3) is 0.375. The van der Waals surface area contributed by atoms with Gasteiger partial charge in [-0.15, -0.1) is 30.6 Å². The van der Waals surface area contributed by atoms with Crippen LogP contribution in [-0.2, 0) is 19.6 Å². The predicted molar refractivity (Wildman–Crippen MR) is 416 cm³/mol. The predicted octanol–water partition coefficient (Wildman–Crippen LogP) is 10.5. The largest absolute Gasteiger partial charge is 0.354 e. The van der Waals surface area contributed by atoms with E-state index < -0.39 is 15.4 Å². The molecule has 0 radical (unpaired) electrons. The first kappa shape index (κ1) is 72.9. The molecule has 1 atom stereocenters. The number of hydrogen-bond acceptors (Lipinski definition) is 25. The first-order valence-corrected chi connectivity index (χ1v) is 37.5. The van der Waals surface area contributed by atoms with Gasteiger partial charge in [0.1, 0.15) is 14.9 Å². The van der Waals surface area contributed by atoms with Crippen LogP contribution < -0.4 is 46.8 Å². The topological polar surface area (TPSA) is 407 Å². The molecule has 2 aliphatic heterocycles. The number of aromatic amines is 4. The number of carbonyl (C=O) groups excluding carboxylic acids is 2. The van der Waals surface area contributed by atoms with Gasteiger partial charge in [-0.3, -0.25) is 35.0 Å². The molecule has 12 heterocycles. The number of amides is 2. The van der Waals surface area contributed by atoms with Crippen LogP contribution in [0.15, 0.2) is 89.8 Å². The van der Waals surface area contributed by atoms with Crippen molar-refractivity contribution in [1.29, 1.82) is 0 Å². The van der Waals surface area contributed by atoms with E-state index in [4.69, 9.17) is 36.6 Å². The number of anilines is 10. The Morgan fingerprint density at radius 2 is 1.07 bits per heavy atom. The summed E-state index contributed by atoms with van der Waals surface area (Å²) in [4.78, 5) is 69.6. The van der Waals surface area contributed by atoms with Gasteiger partial charge in [-0.1, -0.05) is 56.2 Å². The Morgan fingerprint density at radius 1 is 0.594 bits per heavy atom. The number of H-pyrrole nitrogens is 4. The minimum atomic E-state index is -3.75. The fourth-order valence-electron chi connectivity index (χ4n) is 11.2. The number of piperazine rings is 1. The Kier molecular flexibility index (Phi) is 22.2. The van der Waals surface area contributed by atoms with E-state index in [0.29, 0.717) is 146 Å². The maximum atomic E-state index is 12.7. The van der Waals surface area contributed by atoms with Crippen LogP contribution in [0.3, 0.4) is 0 Å². The van der Waals surface area contributed by atoms with E-state index in [2.05, 4.69) is 145 Å². The smallest absolute Gasteiger partial charge is 0.250 e. The molecule has 0 bridgehead atoms. The molecule has 106 heavy (non-hydrogen) atoms. The summed E-state index contributed by atoms with van der Waals surface area (Å²) in [6.45, 7) is 11.6. The summed E-state index contributed by atoms with van der Waals surface area (Å²) >= 11 is 7.21. The molecule has 16 rings (SSSR count). The third-order valence-corrected chi connectivity index (χ3v) is 21.2.